The number of nitrogens with one attached hydrogen (secondary N) is 1. The van der Waals surface area contributed by atoms with Crippen molar-refractivity contribution in [3.05, 3.63) is 24.0 Å². The van der Waals surface area contributed by atoms with Gasteiger partial charge in [-0.2, -0.15) is 0 Å². The number of rotatable bonds is 5. The second-order valence-electron chi connectivity index (χ2n) is 5.96. The number of anilines is 1. The topological polar surface area (TPSA) is 24.5 Å². The highest BCUT2D eigenvalue weighted by atomic mass is 19.1. The zero-order valence-electron chi connectivity index (χ0n) is 12.7. The first kappa shape index (κ1) is 15.1. The molecule has 1 aliphatic rings. The Kier molecular flexibility index (Phi) is 5.24. The standard InChI is InChI=1S/C16H25FN2O/c1-12(2)11-19-8-6-13(7-9-19)18-14-4-5-15(17)16(10-14)20-3/h4-5,10,12-13,18H,6-9,11H2,1-3H3. The Morgan fingerprint density at radius 1 is 1.35 bits per heavy atom. The fraction of sp³-hybridized carbons (Fsp3) is 0.625. The van der Waals surface area contributed by atoms with E-state index in [0.29, 0.717) is 11.8 Å². The van der Waals surface area contributed by atoms with E-state index in [1.54, 1.807) is 12.1 Å². The Morgan fingerprint density at radius 3 is 2.65 bits per heavy atom. The second kappa shape index (κ2) is 6.93. The first-order valence-corrected chi connectivity index (χ1v) is 7.41. The quantitative estimate of drug-likeness (QED) is 0.895. The first-order chi connectivity index (χ1) is 9.58. The normalized spacial score (nSPS) is 17.4. The van der Waals surface area contributed by atoms with Gasteiger partial charge in [0.2, 0.25) is 0 Å². The molecular weight excluding hydrogens is 255 g/mol. The summed E-state index contributed by atoms with van der Waals surface area (Å²) in [6, 6.07) is 5.43. The Labute approximate surface area is 121 Å². The van der Waals surface area contributed by atoms with Crippen molar-refractivity contribution in [2.45, 2.75) is 32.7 Å². The van der Waals surface area contributed by atoms with E-state index in [1.165, 1.54) is 19.7 Å². The van der Waals surface area contributed by atoms with Gasteiger partial charge in [-0.05, 0) is 30.9 Å². The lowest BCUT2D eigenvalue weighted by molar-refractivity contribution is 0.198. The van der Waals surface area contributed by atoms with Crippen LogP contribution in [-0.2, 0) is 0 Å². The number of benzene rings is 1. The highest BCUT2D eigenvalue weighted by Crippen LogP contribution is 2.24. The second-order valence-corrected chi connectivity index (χ2v) is 5.96. The third kappa shape index (κ3) is 4.10. The molecule has 1 aliphatic heterocycles. The molecule has 0 unspecified atom stereocenters. The monoisotopic (exact) mass is 280 g/mol. The lowest BCUT2D eigenvalue weighted by Gasteiger charge is -2.33. The molecule has 0 aliphatic carbocycles. The lowest BCUT2D eigenvalue weighted by atomic mass is 10.0. The molecule has 3 nitrogen and oxygen atoms in total. The summed E-state index contributed by atoms with van der Waals surface area (Å²) in [5.41, 5.74) is 0.936. The van der Waals surface area contributed by atoms with Gasteiger partial charge in [-0.1, -0.05) is 13.8 Å². The van der Waals surface area contributed by atoms with Crippen LogP contribution in [0.25, 0.3) is 0 Å². The van der Waals surface area contributed by atoms with Crippen molar-refractivity contribution >= 4 is 5.69 Å². The van der Waals surface area contributed by atoms with Crippen LogP contribution in [0.4, 0.5) is 10.1 Å². The molecule has 0 spiro atoms. The highest BCUT2D eigenvalue weighted by Gasteiger charge is 2.19. The zero-order chi connectivity index (χ0) is 14.5. The number of nitrogens with zero attached hydrogens (tertiary/aromatic N) is 1. The Balaban J connectivity index is 1.86. The third-order valence-electron chi connectivity index (χ3n) is 3.73. The lowest BCUT2D eigenvalue weighted by Crippen LogP contribution is -2.40. The van der Waals surface area contributed by atoms with E-state index in [-0.39, 0.29) is 5.82 Å². The fourth-order valence-corrected chi connectivity index (χ4v) is 2.76. The summed E-state index contributed by atoms with van der Waals surface area (Å²) in [4.78, 5) is 2.52. The van der Waals surface area contributed by atoms with Gasteiger partial charge in [0.05, 0.1) is 7.11 Å². The molecule has 20 heavy (non-hydrogen) atoms. The Bertz CT molecular complexity index is 428. The van der Waals surface area contributed by atoms with Gasteiger partial charge in [-0.3, -0.25) is 0 Å². The molecule has 1 aromatic rings. The van der Waals surface area contributed by atoms with E-state index in [0.717, 1.165) is 37.5 Å². The average Bonchev–Trinajstić information content (AvgIpc) is 2.42. The van der Waals surface area contributed by atoms with Crippen LogP contribution < -0.4 is 10.1 Å². The van der Waals surface area contributed by atoms with Crippen molar-refractivity contribution in [2.75, 3.05) is 32.1 Å². The maximum absolute atomic E-state index is 13.4. The summed E-state index contributed by atoms with van der Waals surface area (Å²) in [5.74, 6) is 0.706. The van der Waals surface area contributed by atoms with Crippen LogP contribution in [-0.4, -0.2) is 37.7 Å². The number of likely N-dealkylation sites (tertiary alicyclic amines) is 1. The van der Waals surface area contributed by atoms with Crippen LogP contribution in [0, 0.1) is 11.7 Å². The summed E-state index contributed by atoms with van der Waals surface area (Å²) in [5, 5.41) is 3.48. The van der Waals surface area contributed by atoms with Crippen LogP contribution in [0.5, 0.6) is 5.75 Å². The van der Waals surface area contributed by atoms with Crippen LogP contribution in [0.15, 0.2) is 18.2 Å². The van der Waals surface area contributed by atoms with Gasteiger partial charge in [-0.15, -0.1) is 0 Å². The van der Waals surface area contributed by atoms with Gasteiger partial charge in [0.25, 0.3) is 0 Å². The number of ether oxygens (including phenoxy) is 1. The Hall–Kier alpha value is -1.29. The van der Waals surface area contributed by atoms with E-state index in [9.17, 15) is 4.39 Å². The Morgan fingerprint density at radius 2 is 2.05 bits per heavy atom. The summed E-state index contributed by atoms with van der Waals surface area (Å²) >= 11 is 0. The minimum atomic E-state index is -0.315. The number of hydrogen-bond donors (Lipinski definition) is 1. The molecule has 1 N–H and O–H groups in total. The molecule has 1 heterocycles. The van der Waals surface area contributed by atoms with Crippen molar-refractivity contribution in [3.8, 4) is 5.75 Å². The molecule has 1 aromatic carbocycles. The summed E-state index contributed by atoms with van der Waals surface area (Å²) in [7, 11) is 1.49. The van der Waals surface area contributed by atoms with Crippen molar-refractivity contribution in [1.82, 2.24) is 4.90 Å². The highest BCUT2D eigenvalue weighted by molar-refractivity contribution is 5.49. The molecule has 0 aromatic heterocycles. The fourth-order valence-electron chi connectivity index (χ4n) is 2.76. The molecule has 0 radical (unpaired) electrons. The molecule has 1 fully saturated rings. The van der Waals surface area contributed by atoms with E-state index in [4.69, 9.17) is 4.74 Å². The minimum Gasteiger partial charge on any atom is -0.494 e. The number of methoxy groups -OCH3 is 1. The summed E-state index contributed by atoms with van der Waals surface area (Å²) < 4.78 is 18.4. The van der Waals surface area contributed by atoms with E-state index < -0.39 is 0 Å². The van der Waals surface area contributed by atoms with E-state index in [2.05, 4.69) is 24.1 Å². The van der Waals surface area contributed by atoms with Crippen molar-refractivity contribution in [1.29, 1.82) is 0 Å². The number of piperidine rings is 1. The summed E-state index contributed by atoms with van der Waals surface area (Å²) in [6.07, 6.45) is 2.26. The SMILES string of the molecule is COc1cc(NC2CCN(CC(C)C)CC2)ccc1F. The smallest absolute Gasteiger partial charge is 0.165 e. The maximum atomic E-state index is 13.4. The molecule has 112 valence electrons. The van der Waals surface area contributed by atoms with E-state index >= 15 is 0 Å². The van der Waals surface area contributed by atoms with Gasteiger partial charge >= 0.3 is 0 Å². The van der Waals surface area contributed by atoms with Gasteiger partial charge in [0, 0.05) is 37.4 Å². The van der Waals surface area contributed by atoms with Crippen molar-refractivity contribution < 1.29 is 9.13 Å². The largest absolute Gasteiger partial charge is 0.494 e. The van der Waals surface area contributed by atoms with Crippen LogP contribution in [0.3, 0.4) is 0 Å². The summed E-state index contributed by atoms with van der Waals surface area (Å²) in [6.45, 7) is 7.96. The molecule has 0 atom stereocenters. The average molecular weight is 280 g/mol. The molecule has 0 saturated carbocycles. The van der Waals surface area contributed by atoms with E-state index in [1.807, 2.05) is 0 Å². The molecule has 4 heteroatoms. The van der Waals surface area contributed by atoms with Gasteiger partial charge in [0.15, 0.2) is 11.6 Å². The number of halogens is 1. The third-order valence-corrected chi connectivity index (χ3v) is 3.73. The van der Waals surface area contributed by atoms with Gasteiger partial charge in [0.1, 0.15) is 0 Å². The van der Waals surface area contributed by atoms with Gasteiger partial charge in [-0.25, -0.2) is 4.39 Å². The number of hydrogen-bond acceptors (Lipinski definition) is 3. The zero-order valence-corrected chi connectivity index (χ0v) is 12.7. The maximum Gasteiger partial charge on any atom is 0.165 e. The van der Waals surface area contributed by atoms with Crippen LogP contribution in [0.2, 0.25) is 0 Å². The van der Waals surface area contributed by atoms with Crippen LogP contribution >= 0.6 is 0 Å². The minimum absolute atomic E-state index is 0.298. The van der Waals surface area contributed by atoms with Crippen LogP contribution in [0.1, 0.15) is 26.7 Å². The first-order valence-electron chi connectivity index (χ1n) is 7.41. The molecular formula is C16H25FN2O. The molecule has 0 bridgehead atoms. The molecule has 0 amide bonds. The predicted molar refractivity (Wildman–Crippen MR) is 80.9 cm³/mol. The van der Waals surface area contributed by atoms with Crippen molar-refractivity contribution in [2.24, 2.45) is 5.92 Å². The van der Waals surface area contributed by atoms with Crippen molar-refractivity contribution in [3.63, 3.8) is 0 Å². The molecule has 1 saturated heterocycles. The predicted octanol–water partition coefficient (Wildman–Crippen LogP) is 3.37. The van der Waals surface area contributed by atoms with Gasteiger partial charge < -0.3 is 15.0 Å². The molecule has 2 rings (SSSR count).